The van der Waals surface area contributed by atoms with Crippen LogP contribution in [-0.2, 0) is 11.3 Å². The highest BCUT2D eigenvalue weighted by molar-refractivity contribution is 5.87. The molecule has 1 atom stereocenters. The number of amides is 1. The monoisotopic (exact) mass is 274 g/mol. The van der Waals surface area contributed by atoms with Crippen LogP contribution in [0.15, 0.2) is 36.4 Å². The topological polar surface area (TPSA) is 84.6 Å². The van der Waals surface area contributed by atoms with Crippen molar-refractivity contribution in [2.24, 2.45) is 5.73 Å². The average molecular weight is 274 g/mol. The number of methoxy groups -OCH3 is 1. The molecular weight excluding hydrogens is 256 g/mol. The summed E-state index contributed by atoms with van der Waals surface area (Å²) >= 11 is 0. The zero-order chi connectivity index (χ0) is 14.5. The smallest absolute Gasteiger partial charge is 0.247 e. The van der Waals surface area contributed by atoms with Gasteiger partial charge in [-0.25, -0.2) is 0 Å². The van der Waals surface area contributed by atoms with Gasteiger partial charge in [0.05, 0.1) is 7.11 Å². The fourth-order valence-electron chi connectivity index (χ4n) is 2.12. The molecule has 106 valence electrons. The number of primary amides is 1. The van der Waals surface area contributed by atoms with E-state index in [1.54, 1.807) is 7.11 Å². The summed E-state index contributed by atoms with van der Waals surface area (Å²) in [7, 11) is 1.62. The van der Waals surface area contributed by atoms with E-state index in [0.717, 1.165) is 22.1 Å². The van der Waals surface area contributed by atoms with Crippen molar-refractivity contribution in [3.05, 3.63) is 42.0 Å². The maximum atomic E-state index is 10.8. The molecule has 1 amide bonds. The summed E-state index contributed by atoms with van der Waals surface area (Å²) in [5.41, 5.74) is 6.00. The summed E-state index contributed by atoms with van der Waals surface area (Å²) in [6.45, 7) is 0.594. The molecule has 2 aromatic carbocycles. The molecule has 1 unspecified atom stereocenters. The second kappa shape index (κ2) is 6.36. The molecule has 0 saturated carbocycles. The summed E-state index contributed by atoms with van der Waals surface area (Å²) < 4.78 is 5.36. The van der Waals surface area contributed by atoms with E-state index in [1.807, 2.05) is 36.4 Å². The Morgan fingerprint density at radius 3 is 2.80 bits per heavy atom. The highest BCUT2D eigenvalue weighted by Crippen LogP contribution is 2.27. The Morgan fingerprint density at radius 1 is 1.35 bits per heavy atom. The quantitative estimate of drug-likeness (QED) is 0.727. The summed E-state index contributed by atoms with van der Waals surface area (Å²) in [6, 6.07) is 11.9. The molecule has 0 aliphatic heterocycles. The van der Waals surface area contributed by atoms with Crippen LogP contribution in [0.3, 0.4) is 0 Å². The molecule has 4 N–H and O–H groups in total. The van der Waals surface area contributed by atoms with Gasteiger partial charge in [0.15, 0.2) is 0 Å². The predicted molar refractivity (Wildman–Crippen MR) is 77.4 cm³/mol. The molecule has 0 saturated heterocycles. The minimum Gasteiger partial charge on any atom is -0.496 e. The Balaban J connectivity index is 2.21. The molecule has 5 heteroatoms. The zero-order valence-corrected chi connectivity index (χ0v) is 11.3. The largest absolute Gasteiger partial charge is 0.496 e. The summed E-state index contributed by atoms with van der Waals surface area (Å²) in [5, 5.41) is 14.6. The number of ether oxygens (including phenoxy) is 1. The van der Waals surface area contributed by atoms with Crippen LogP contribution in [0, 0.1) is 0 Å². The number of benzene rings is 2. The third-order valence-electron chi connectivity index (χ3n) is 3.19. The van der Waals surface area contributed by atoms with E-state index in [4.69, 9.17) is 10.5 Å². The molecule has 0 spiro atoms. The molecule has 0 heterocycles. The normalized spacial score (nSPS) is 12.3. The van der Waals surface area contributed by atoms with Gasteiger partial charge in [0.1, 0.15) is 11.9 Å². The van der Waals surface area contributed by atoms with Crippen molar-refractivity contribution < 1.29 is 14.6 Å². The van der Waals surface area contributed by atoms with Gasteiger partial charge in [-0.05, 0) is 16.8 Å². The Hall–Kier alpha value is -2.11. The van der Waals surface area contributed by atoms with Gasteiger partial charge in [-0.15, -0.1) is 0 Å². The molecule has 2 aromatic rings. The molecular formula is C15H18N2O3. The number of fused-ring (bicyclic) bond motifs is 1. The highest BCUT2D eigenvalue weighted by Gasteiger charge is 2.12. The van der Waals surface area contributed by atoms with Crippen LogP contribution in [0.1, 0.15) is 5.56 Å². The van der Waals surface area contributed by atoms with Crippen molar-refractivity contribution in [2.75, 3.05) is 13.7 Å². The predicted octanol–water partition coefficient (Wildman–Crippen LogP) is 0.784. The van der Waals surface area contributed by atoms with Crippen molar-refractivity contribution in [1.82, 2.24) is 5.32 Å². The average Bonchev–Trinajstić information content (AvgIpc) is 2.47. The van der Waals surface area contributed by atoms with Crippen LogP contribution in [-0.4, -0.2) is 30.8 Å². The first-order valence-corrected chi connectivity index (χ1v) is 6.36. The SMILES string of the molecule is COc1ccc2ccccc2c1CNCC(O)C(N)=O. The first kappa shape index (κ1) is 14.3. The number of rotatable bonds is 6. The Kier molecular flexibility index (Phi) is 4.55. The number of aliphatic hydroxyl groups is 1. The van der Waals surface area contributed by atoms with E-state index >= 15 is 0 Å². The van der Waals surface area contributed by atoms with E-state index in [9.17, 15) is 9.90 Å². The van der Waals surface area contributed by atoms with Gasteiger partial charge in [-0.1, -0.05) is 30.3 Å². The van der Waals surface area contributed by atoms with E-state index in [2.05, 4.69) is 5.32 Å². The molecule has 0 bridgehead atoms. The highest BCUT2D eigenvalue weighted by atomic mass is 16.5. The third-order valence-corrected chi connectivity index (χ3v) is 3.19. The van der Waals surface area contributed by atoms with Crippen LogP contribution in [0.4, 0.5) is 0 Å². The number of nitrogens with one attached hydrogen (secondary N) is 1. The zero-order valence-electron chi connectivity index (χ0n) is 11.3. The van der Waals surface area contributed by atoms with E-state index in [1.165, 1.54) is 0 Å². The van der Waals surface area contributed by atoms with Crippen LogP contribution in [0.2, 0.25) is 0 Å². The minimum atomic E-state index is -1.18. The van der Waals surface area contributed by atoms with Crippen molar-refractivity contribution >= 4 is 16.7 Å². The van der Waals surface area contributed by atoms with Crippen molar-refractivity contribution in [2.45, 2.75) is 12.6 Å². The molecule has 0 radical (unpaired) electrons. The van der Waals surface area contributed by atoms with Gasteiger partial charge in [0.2, 0.25) is 5.91 Å². The molecule has 20 heavy (non-hydrogen) atoms. The second-order valence-electron chi connectivity index (χ2n) is 4.52. The minimum absolute atomic E-state index is 0.113. The second-order valence-corrected chi connectivity index (χ2v) is 4.52. The lowest BCUT2D eigenvalue weighted by Crippen LogP contribution is -2.37. The molecule has 2 rings (SSSR count). The molecule has 0 aromatic heterocycles. The summed E-state index contributed by atoms with van der Waals surface area (Å²) in [5.74, 6) is 0.0344. The van der Waals surface area contributed by atoms with Crippen molar-refractivity contribution in [3.8, 4) is 5.75 Å². The Morgan fingerprint density at radius 2 is 2.10 bits per heavy atom. The number of carbonyl (C=O) groups excluding carboxylic acids is 1. The van der Waals surface area contributed by atoms with Crippen molar-refractivity contribution in [1.29, 1.82) is 0 Å². The van der Waals surface area contributed by atoms with Crippen LogP contribution in [0.25, 0.3) is 10.8 Å². The van der Waals surface area contributed by atoms with E-state index in [-0.39, 0.29) is 6.54 Å². The fourth-order valence-corrected chi connectivity index (χ4v) is 2.12. The first-order valence-electron chi connectivity index (χ1n) is 6.36. The standard InChI is InChI=1S/C15H18N2O3/c1-20-14-7-6-10-4-2-3-5-11(10)12(14)8-17-9-13(18)15(16)19/h2-7,13,17-18H,8-9H2,1H3,(H2,16,19). The van der Waals surface area contributed by atoms with Crippen LogP contribution < -0.4 is 15.8 Å². The van der Waals surface area contributed by atoms with E-state index in [0.29, 0.717) is 6.54 Å². The fraction of sp³-hybridized carbons (Fsp3) is 0.267. The molecule has 0 aliphatic rings. The third kappa shape index (κ3) is 3.07. The van der Waals surface area contributed by atoms with Gasteiger partial charge in [-0.3, -0.25) is 4.79 Å². The lowest BCUT2D eigenvalue weighted by Gasteiger charge is -2.14. The lowest BCUT2D eigenvalue weighted by atomic mass is 10.0. The first-order chi connectivity index (χ1) is 9.63. The van der Waals surface area contributed by atoms with Gasteiger partial charge >= 0.3 is 0 Å². The van der Waals surface area contributed by atoms with E-state index < -0.39 is 12.0 Å². The Labute approximate surface area is 117 Å². The molecule has 5 nitrogen and oxygen atoms in total. The van der Waals surface area contributed by atoms with Crippen LogP contribution >= 0.6 is 0 Å². The van der Waals surface area contributed by atoms with Crippen molar-refractivity contribution in [3.63, 3.8) is 0 Å². The lowest BCUT2D eigenvalue weighted by molar-refractivity contribution is -0.125. The summed E-state index contributed by atoms with van der Waals surface area (Å²) in [4.78, 5) is 10.8. The molecule has 0 aliphatic carbocycles. The number of carbonyl (C=O) groups is 1. The van der Waals surface area contributed by atoms with Gasteiger partial charge in [0.25, 0.3) is 0 Å². The summed E-state index contributed by atoms with van der Waals surface area (Å²) in [6.07, 6.45) is -1.18. The van der Waals surface area contributed by atoms with Gasteiger partial charge in [-0.2, -0.15) is 0 Å². The number of aliphatic hydroxyl groups excluding tert-OH is 1. The van der Waals surface area contributed by atoms with Gasteiger partial charge in [0, 0.05) is 18.7 Å². The number of nitrogens with two attached hydrogens (primary N) is 1. The van der Waals surface area contributed by atoms with Crippen LogP contribution in [0.5, 0.6) is 5.75 Å². The maximum Gasteiger partial charge on any atom is 0.247 e. The van der Waals surface area contributed by atoms with Gasteiger partial charge < -0.3 is 20.9 Å². The number of hydrogen-bond acceptors (Lipinski definition) is 4. The Bertz CT molecular complexity index is 613. The molecule has 0 fully saturated rings. The number of hydrogen-bond donors (Lipinski definition) is 3. The maximum absolute atomic E-state index is 10.8.